The molecule has 0 fully saturated rings. The fourth-order valence-electron chi connectivity index (χ4n) is 1.99. The maximum Gasteiger partial charge on any atom is 0.260 e. The molecule has 0 saturated heterocycles. The van der Waals surface area contributed by atoms with Crippen LogP contribution >= 0.6 is 23.1 Å². The summed E-state index contributed by atoms with van der Waals surface area (Å²) < 4.78 is 0. The molecule has 2 aromatic heterocycles. The zero-order valence-corrected chi connectivity index (χ0v) is 12.8. The van der Waals surface area contributed by atoms with Crippen LogP contribution in [0.4, 0.5) is 0 Å². The first kappa shape index (κ1) is 13.6. The molecule has 2 heterocycles. The van der Waals surface area contributed by atoms with Crippen LogP contribution in [-0.2, 0) is 6.42 Å². The minimum Gasteiger partial charge on any atom is -0.301 e. The number of hydrogen-bond donors (Lipinski definition) is 1. The highest BCUT2D eigenvalue weighted by molar-refractivity contribution is 7.98. The Kier molecular flexibility index (Phi) is 4.12. The van der Waals surface area contributed by atoms with Crippen molar-refractivity contribution in [1.82, 2.24) is 9.97 Å². The van der Waals surface area contributed by atoms with Crippen molar-refractivity contribution in [1.29, 1.82) is 0 Å². The topological polar surface area (TPSA) is 45.8 Å². The molecule has 0 spiro atoms. The molecule has 0 aliphatic rings. The second kappa shape index (κ2) is 5.45. The fraction of sp³-hybridized carbons (Fsp3) is 0.538. The van der Waals surface area contributed by atoms with Gasteiger partial charge < -0.3 is 4.98 Å². The molecule has 0 radical (unpaired) electrons. The van der Waals surface area contributed by atoms with Gasteiger partial charge in [0.2, 0.25) is 0 Å². The van der Waals surface area contributed by atoms with Crippen molar-refractivity contribution in [3.8, 4) is 0 Å². The van der Waals surface area contributed by atoms with Crippen molar-refractivity contribution < 1.29 is 0 Å². The summed E-state index contributed by atoms with van der Waals surface area (Å²) in [7, 11) is 0. The SMILES string of the molecule is CC[C@@H](C)Cc1c(C)sc2nc(SC)[nH]c(=O)c12. The second-order valence-electron chi connectivity index (χ2n) is 4.61. The van der Waals surface area contributed by atoms with Crippen LogP contribution in [0.1, 0.15) is 30.7 Å². The minimum absolute atomic E-state index is 0.00648. The molecule has 0 saturated carbocycles. The van der Waals surface area contributed by atoms with Crippen molar-refractivity contribution in [2.24, 2.45) is 5.92 Å². The lowest BCUT2D eigenvalue weighted by Gasteiger charge is -2.08. The van der Waals surface area contributed by atoms with Crippen LogP contribution in [0.15, 0.2) is 9.95 Å². The first-order chi connectivity index (χ1) is 8.56. The predicted octanol–water partition coefficient (Wildman–Crippen LogP) is 3.60. The van der Waals surface area contributed by atoms with Gasteiger partial charge in [0.1, 0.15) is 4.83 Å². The van der Waals surface area contributed by atoms with E-state index in [1.165, 1.54) is 22.2 Å². The van der Waals surface area contributed by atoms with E-state index < -0.39 is 0 Å². The van der Waals surface area contributed by atoms with Crippen molar-refractivity contribution in [3.05, 3.63) is 20.8 Å². The molecule has 2 aromatic rings. The Morgan fingerprint density at radius 1 is 1.50 bits per heavy atom. The summed E-state index contributed by atoms with van der Waals surface area (Å²) in [4.78, 5) is 21.6. The van der Waals surface area contributed by atoms with Crippen molar-refractivity contribution in [2.75, 3.05) is 6.26 Å². The van der Waals surface area contributed by atoms with Gasteiger partial charge in [0.15, 0.2) is 5.16 Å². The Hall–Kier alpha value is -0.810. The quantitative estimate of drug-likeness (QED) is 0.688. The largest absolute Gasteiger partial charge is 0.301 e. The fourth-order valence-corrected chi connectivity index (χ4v) is 3.48. The number of H-pyrrole nitrogens is 1. The van der Waals surface area contributed by atoms with E-state index in [2.05, 4.69) is 30.7 Å². The molecule has 0 unspecified atom stereocenters. The van der Waals surface area contributed by atoms with Crippen molar-refractivity contribution in [3.63, 3.8) is 0 Å². The first-order valence-corrected chi connectivity index (χ1v) is 8.17. The van der Waals surface area contributed by atoms with Crippen LogP contribution in [0.3, 0.4) is 0 Å². The van der Waals surface area contributed by atoms with Gasteiger partial charge in [-0.1, -0.05) is 32.0 Å². The zero-order chi connectivity index (χ0) is 13.3. The molecular formula is C13H18N2OS2. The summed E-state index contributed by atoms with van der Waals surface area (Å²) in [5.74, 6) is 0.598. The standard InChI is InChI=1S/C13H18N2OS2/c1-5-7(2)6-9-8(3)18-12-10(9)11(16)14-13(15-12)17-4/h7H,5-6H2,1-4H3,(H,14,15,16)/t7-/m1/s1. The summed E-state index contributed by atoms with van der Waals surface area (Å²) in [6, 6.07) is 0. The summed E-state index contributed by atoms with van der Waals surface area (Å²) in [5, 5.41) is 1.50. The van der Waals surface area contributed by atoms with E-state index in [1.807, 2.05) is 6.26 Å². The molecular weight excluding hydrogens is 264 g/mol. The first-order valence-electron chi connectivity index (χ1n) is 6.13. The zero-order valence-electron chi connectivity index (χ0n) is 11.2. The lowest BCUT2D eigenvalue weighted by molar-refractivity contribution is 0.561. The molecule has 0 aliphatic carbocycles. The minimum atomic E-state index is 0.00648. The Bertz CT molecular complexity index is 615. The molecule has 98 valence electrons. The number of thiophene rings is 1. The number of hydrogen-bond acceptors (Lipinski definition) is 4. The molecule has 0 aliphatic heterocycles. The second-order valence-corrected chi connectivity index (χ2v) is 6.61. The highest BCUT2D eigenvalue weighted by atomic mass is 32.2. The van der Waals surface area contributed by atoms with Gasteiger partial charge in [0.05, 0.1) is 5.39 Å². The van der Waals surface area contributed by atoms with E-state index in [0.29, 0.717) is 11.1 Å². The van der Waals surface area contributed by atoms with Gasteiger partial charge in [0, 0.05) is 4.88 Å². The third-order valence-corrected chi connectivity index (χ3v) is 4.91. The van der Waals surface area contributed by atoms with Gasteiger partial charge in [-0.25, -0.2) is 4.98 Å². The van der Waals surface area contributed by atoms with Crippen LogP contribution in [0.5, 0.6) is 0 Å². The van der Waals surface area contributed by atoms with Crippen LogP contribution < -0.4 is 5.56 Å². The monoisotopic (exact) mass is 282 g/mol. The summed E-state index contributed by atoms with van der Waals surface area (Å²) in [6.07, 6.45) is 4.02. The van der Waals surface area contributed by atoms with Crippen LogP contribution in [-0.4, -0.2) is 16.2 Å². The number of nitrogens with one attached hydrogen (secondary N) is 1. The average molecular weight is 282 g/mol. The van der Waals surface area contributed by atoms with Gasteiger partial charge in [-0.05, 0) is 31.1 Å². The number of fused-ring (bicyclic) bond motifs is 1. The normalized spacial score (nSPS) is 13.1. The molecule has 0 aromatic carbocycles. The predicted molar refractivity (Wildman–Crippen MR) is 79.9 cm³/mol. The Morgan fingerprint density at radius 2 is 2.22 bits per heavy atom. The van der Waals surface area contributed by atoms with Crippen LogP contribution in [0.2, 0.25) is 0 Å². The van der Waals surface area contributed by atoms with E-state index >= 15 is 0 Å². The van der Waals surface area contributed by atoms with E-state index in [1.54, 1.807) is 11.3 Å². The van der Waals surface area contributed by atoms with Gasteiger partial charge in [-0.2, -0.15) is 0 Å². The number of aromatic nitrogens is 2. The smallest absolute Gasteiger partial charge is 0.260 e. The highest BCUT2D eigenvalue weighted by Gasteiger charge is 2.16. The molecule has 1 N–H and O–H groups in total. The number of rotatable bonds is 4. The van der Waals surface area contributed by atoms with Gasteiger partial charge >= 0.3 is 0 Å². The van der Waals surface area contributed by atoms with Crippen molar-refractivity contribution in [2.45, 2.75) is 38.8 Å². The van der Waals surface area contributed by atoms with E-state index in [0.717, 1.165) is 23.1 Å². The number of aryl methyl sites for hydroxylation is 1. The lowest BCUT2D eigenvalue weighted by atomic mass is 9.98. The number of nitrogens with zero attached hydrogens (tertiary/aromatic N) is 1. The third-order valence-electron chi connectivity index (χ3n) is 3.28. The maximum absolute atomic E-state index is 12.2. The molecule has 2 rings (SSSR count). The summed E-state index contributed by atoms with van der Waals surface area (Å²) in [5.41, 5.74) is 1.19. The summed E-state index contributed by atoms with van der Waals surface area (Å²) >= 11 is 3.10. The molecule has 0 bridgehead atoms. The van der Waals surface area contributed by atoms with E-state index in [-0.39, 0.29) is 5.56 Å². The molecule has 5 heteroatoms. The average Bonchev–Trinajstić information content (AvgIpc) is 2.65. The number of aromatic amines is 1. The summed E-state index contributed by atoms with van der Waals surface area (Å²) in [6.45, 7) is 6.49. The van der Waals surface area contributed by atoms with Gasteiger partial charge in [-0.15, -0.1) is 11.3 Å². The van der Waals surface area contributed by atoms with Gasteiger partial charge in [-0.3, -0.25) is 4.79 Å². The lowest BCUT2D eigenvalue weighted by Crippen LogP contribution is -2.10. The van der Waals surface area contributed by atoms with E-state index in [9.17, 15) is 4.79 Å². The van der Waals surface area contributed by atoms with Crippen LogP contribution in [0.25, 0.3) is 10.2 Å². The van der Waals surface area contributed by atoms with Crippen molar-refractivity contribution >= 4 is 33.3 Å². The maximum atomic E-state index is 12.2. The van der Waals surface area contributed by atoms with E-state index in [4.69, 9.17) is 0 Å². The Balaban J connectivity index is 2.60. The van der Waals surface area contributed by atoms with Crippen LogP contribution in [0, 0.1) is 12.8 Å². The molecule has 0 amide bonds. The Labute approximate surface area is 115 Å². The molecule has 3 nitrogen and oxygen atoms in total. The van der Waals surface area contributed by atoms with Gasteiger partial charge in [0.25, 0.3) is 5.56 Å². The highest BCUT2D eigenvalue weighted by Crippen LogP contribution is 2.30. The third kappa shape index (κ3) is 2.47. The molecule has 18 heavy (non-hydrogen) atoms. The molecule has 1 atom stereocenters. The Morgan fingerprint density at radius 3 is 2.83 bits per heavy atom. The number of thioether (sulfide) groups is 1.